The third kappa shape index (κ3) is 1.77. The van der Waals surface area contributed by atoms with Crippen LogP contribution in [0.1, 0.15) is 31.1 Å². The third-order valence-electron chi connectivity index (χ3n) is 3.06. The summed E-state index contributed by atoms with van der Waals surface area (Å²) in [6.07, 6.45) is 3.60. The van der Waals surface area contributed by atoms with Crippen LogP contribution in [0.25, 0.3) is 11.5 Å². The lowest BCUT2D eigenvalue weighted by Crippen LogP contribution is -2.07. The topological polar surface area (TPSA) is 69.6 Å². The van der Waals surface area contributed by atoms with Gasteiger partial charge in [0.2, 0.25) is 0 Å². The van der Waals surface area contributed by atoms with Crippen molar-refractivity contribution in [1.82, 2.24) is 19.5 Å². The van der Waals surface area contributed by atoms with E-state index in [1.54, 1.807) is 6.20 Å². The predicted molar refractivity (Wildman–Crippen MR) is 73.0 cm³/mol. The summed E-state index contributed by atoms with van der Waals surface area (Å²) < 4.78 is 2.06. The number of aromatic nitrogens is 4. The lowest BCUT2D eigenvalue weighted by molar-refractivity contribution is 0.603. The Labute approximate surface area is 110 Å². The van der Waals surface area contributed by atoms with Crippen LogP contribution in [0.2, 0.25) is 0 Å². The van der Waals surface area contributed by atoms with Crippen LogP contribution in [0.5, 0.6) is 0 Å². The van der Waals surface area contributed by atoms with Crippen molar-refractivity contribution in [2.45, 2.75) is 31.4 Å². The molecule has 0 aliphatic carbocycles. The molecule has 3 heterocycles. The molecule has 94 valence electrons. The van der Waals surface area contributed by atoms with E-state index in [0.29, 0.717) is 17.7 Å². The lowest BCUT2D eigenvalue weighted by Gasteiger charge is -2.12. The maximum Gasteiger partial charge on any atom is 0.180 e. The van der Waals surface area contributed by atoms with Crippen molar-refractivity contribution < 1.29 is 0 Å². The van der Waals surface area contributed by atoms with Gasteiger partial charge in [-0.15, -0.1) is 0 Å². The van der Waals surface area contributed by atoms with Crippen molar-refractivity contribution in [2.75, 3.05) is 5.73 Å². The lowest BCUT2D eigenvalue weighted by atomic mass is 10.2. The molecular weight excluding hydrogens is 246 g/mol. The molecule has 0 aromatic carbocycles. The van der Waals surface area contributed by atoms with Gasteiger partial charge in [-0.1, -0.05) is 0 Å². The fourth-order valence-electron chi connectivity index (χ4n) is 2.08. The highest BCUT2D eigenvalue weighted by Gasteiger charge is 2.20. The van der Waals surface area contributed by atoms with Gasteiger partial charge in [-0.05, 0) is 13.8 Å². The first-order valence-corrected chi connectivity index (χ1v) is 7.07. The van der Waals surface area contributed by atoms with Crippen molar-refractivity contribution in [3.8, 4) is 11.5 Å². The van der Waals surface area contributed by atoms with Gasteiger partial charge in [0.25, 0.3) is 0 Å². The second-order valence-electron chi connectivity index (χ2n) is 4.63. The average molecular weight is 261 g/mol. The molecule has 0 spiro atoms. The van der Waals surface area contributed by atoms with Gasteiger partial charge in [0.1, 0.15) is 11.5 Å². The Kier molecular flexibility index (Phi) is 2.74. The van der Waals surface area contributed by atoms with Gasteiger partial charge in [0.05, 0.1) is 18.2 Å². The van der Waals surface area contributed by atoms with Crippen LogP contribution in [0, 0.1) is 0 Å². The predicted octanol–water partition coefficient (Wildman–Crippen LogP) is 2.25. The monoisotopic (exact) mass is 261 g/mol. The van der Waals surface area contributed by atoms with Gasteiger partial charge in [0, 0.05) is 23.1 Å². The molecule has 2 aromatic rings. The number of nitrogens with zero attached hydrogens (tertiary/aromatic N) is 4. The normalized spacial score (nSPS) is 14.2. The average Bonchev–Trinajstić information content (AvgIpc) is 2.97. The summed E-state index contributed by atoms with van der Waals surface area (Å²) in [5.74, 6) is 3.13. The van der Waals surface area contributed by atoms with E-state index in [0.717, 1.165) is 28.5 Å². The Morgan fingerprint density at radius 2 is 2.17 bits per heavy atom. The summed E-state index contributed by atoms with van der Waals surface area (Å²) in [6.45, 7) is 4.22. The number of fused-ring (bicyclic) bond motifs is 1. The zero-order valence-electron chi connectivity index (χ0n) is 10.4. The first-order valence-electron chi connectivity index (χ1n) is 5.92. The number of anilines is 1. The second-order valence-corrected chi connectivity index (χ2v) is 5.62. The molecule has 1 aliphatic rings. The standard InChI is InChI=1S/C12H15N5S/c1-7(2)17-6-14-3-10(17)12-15-9-5-18-4-8(9)11(13)16-12/h3,6-7H,4-5H2,1-2H3,(H2,13,15,16). The van der Waals surface area contributed by atoms with Gasteiger partial charge in [-0.25, -0.2) is 15.0 Å². The number of nitrogens with two attached hydrogens (primary N) is 1. The molecule has 0 amide bonds. The third-order valence-corrected chi connectivity index (χ3v) is 4.03. The van der Waals surface area contributed by atoms with Crippen LogP contribution < -0.4 is 5.73 Å². The van der Waals surface area contributed by atoms with E-state index in [9.17, 15) is 0 Å². The van der Waals surface area contributed by atoms with Crippen LogP contribution in [0.15, 0.2) is 12.5 Å². The molecule has 0 unspecified atom stereocenters. The Balaban J connectivity index is 2.12. The van der Waals surface area contributed by atoms with Gasteiger partial charge in [-0.3, -0.25) is 0 Å². The van der Waals surface area contributed by atoms with E-state index in [-0.39, 0.29) is 0 Å². The molecule has 0 saturated heterocycles. The molecular formula is C12H15N5S. The Morgan fingerprint density at radius 1 is 1.33 bits per heavy atom. The fourth-order valence-corrected chi connectivity index (χ4v) is 3.13. The molecule has 6 heteroatoms. The molecule has 5 nitrogen and oxygen atoms in total. The Bertz CT molecular complexity index is 590. The highest BCUT2D eigenvalue weighted by atomic mass is 32.2. The van der Waals surface area contributed by atoms with Gasteiger partial charge in [0.15, 0.2) is 5.82 Å². The quantitative estimate of drug-likeness (QED) is 0.898. The minimum absolute atomic E-state index is 0.329. The van der Waals surface area contributed by atoms with E-state index in [4.69, 9.17) is 5.73 Å². The van der Waals surface area contributed by atoms with Crippen molar-refractivity contribution in [3.63, 3.8) is 0 Å². The summed E-state index contributed by atoms with van der Waals surface area (Å²) in [7, 11) is 0. The summed E-state index contributed by atoms with van der Waals surface area (Å²) >= 11 is 1.83. The molecule has 0 atom stereocenters. The summed E-state index contributed by atoms with van der Waals surface area (Å²) in [4.78, 5) is 13.2. The van der Waals surface area contributed by atoms with Gasteiger partial charge < -0.3 is 10.3 Å². The molecule has 2 N–H and O–H groups in total. The van der Waals surface area contributed by atoms with Gasteiger partial charge in [-0.2, -0.15) is 11.8 Å². The molecule has 18 heavy (non-hydrogen) atoms. The fraction of sp³-hybridized carbons (Fsp3) is 0.417. The molecule has 3 rings (SSSR count). The van der Waals surface area contributed by atoms with E-state index in [1.807, 2.05) is 18.1 Å². The highest BCUT2D eigenvalue weighted by molar-refractivity contribution is 7.98. The van der Waals surface area contributed by atoms with E-state index < -0.39 is 0 Å². The molecule has 0 fully saturated rings. The zero-order valence-corrected chi connectivity index (χ0v) is 11.2. The van der Waals surface area contributed by atoms with Crippen molar-refractivity contribution >= 4 is 17.6 Å². The van der Waals surface area contributed by atoms with Crippen LogP contribution in [0.3, 0.4) is 0 Å². The summed E-state index contributed by atoms with van der Waals surface area (Å²) in [5.41, 5.74) is 9.10. The number of rotatable bonds is 2. The number of nitrogen functional groups attached to an aromatic ring is 1. The number of hydrogen-bond acceptors (Lipinski definition) is 5. The number of imidazole rings is 1. The molecule has 0 saturated carbocycles. The highest BCUT2D eigenvalue weighted by Crippen LogP contribution is 2.33. The van der Waals surface area contributed by atoms with Crippen molar-refractivity contribution in [3.05, 3.63) is 23.8 Å². The van der Waals surface area contributed by atoms with Crippen LogP contribution >= 0.6 is 11.8 Å². The maximum absolute atomic E-state index is 6.01. The number of thioether (sulfide) groups is 1. The molecule has 2 aromatic heterocycles. The molecule has 1 aliphatic heterocycles. The molecule has 0 bridgehead atoms. The van der Waals surface area contributed by atoms with E-state index in [1.165, 1.54) is 0 Å². The van der Waals surface area contributed by atoms with Crippen LogP contribution in [-0.4, -0.2) is 19.5 Å². The first-order chi connectivity index (χ1) is 8.66. The Morgan fingerprint density at radius 3 is 2.94 bits per heavy atom. The first kappa shape index (κ1) is 11.5. The summed E-state index contributed by atoms with van der Waals surface area (Å²) in [5, 5.41) is 0. The SMILES string of the molecule is CC(C)n1cncc1-c1nc(N)c2c(n1)CSC2. The zero-order chi connectivity index (χ0) is 12.7. The summed E-state index contributed by atoms with van der Waals surface area (Å²) in [6, 6.07) is 0.329. The molecule has 0 radical (unpaired) electrons. The largest absolute Gasteiger partial charge is 0.383 e. The minimum Gasteiger partial charge on any atom is -0.383 e. The second kappa shape index (κ2) is 4.28. The number of hydrogen-bond donors (Lipinski definition) is 1. The van der Waals surface area contributed by atoms with Crippen molar-refractivity contribution in [1.29, 1.82) is 0 Å². The maximum atomic E-state index is 6.01. The smallest absolute Gasteiger partial charge is 0.180 e. The van der Waals surface area contributed by atoms with Crippen LogP contribution in [0.4, 0.5) is 5.82 Å². The van der Waals surface area contributed by atoms with Crippen molar-refractivity contribution in [2.24, 2.45) is 0 Å². The minimum atomic E-state index is 0.329. The van der Waals surface area contributed by atoms with Gasteiger partial charge >= 0.3 is 0 Å². The Hall–Kier alpha value is -1.56. The van der Waals surface area contributed by atoms with E-state index >= 15 is 0 Å². The van der Waals surface area contributed by atoms with E-state index in [2.05, 4.69) is 33.4 Å². The van der Waals surface area contributed by atoms with Crippen LogP contribution in [-0.2, 0) is 11.5 Å².